The maximum absolute atomic E-state index is 4.60. The molecule has 0 aliphatic heterocycles. The third-order valence-electron chi connectivity index (χ3n) is 2.04. The highest BCUT2D eigenvalue weighted by Crippen LogP contribution is 2.03. The second-order valence-corrected chi connectivity index (χ2v) is 4.28. The Balaban J connectivity index is 2.90. The molecule has 1 aromatic heterocycles. The molecule has 0 fully saturated rings. The van der Waals surface area contributed by atoms with Crippen LogP contribution in [-0.2, 0) is 7.05 Å². The average Bonchev–Trinajstić information content (AvgIpc) is 2.36. The van der Waals surface area contributed by atoms with Crippen LogP contribution in [0, 0.1) is 5.92 Å². The molecule has 1 aromatic rings. The molecular formula is C9H16N2S. The van der Waals surface area contributed by atoms with Gasteiger partial charge in [0.15, 0.2) is 4.80 Å². The zero-order valence-corrected chi connectivity index (χ0v) is 8.93. The summed E-state index contributed by atoms with van der Waals surface area (Å²) in [5.74, 6) is 0.618. The van der Waals surface area contributed by atoms with Crippen LogP contribution in [0.4, 0.5) is 0 Å². The third kappa shape index (κ3) is 2.21. The Hall–Kier alpha value is -0.570. The van der Waals surface area contributed by atoms with Crippen molar-refractivity contribution >= 4 is 11.3 Å². The maximum atomic E-state index is 4.60. The summed E-state index contributed by atoms with van der Waals surface area (Å²) in [6.07, 6.45) is 2.04. The van der Waals surface area contributed by atoms with Gasteiger partial charge in [0, 0.05) is 18.6 Å². The fraction of sp³-hybridized carbons (Fsp3) is 0.667. The van der Waals surface area contributed by atoms with Crippen molar-refractivity contribution < 1.29 is 0 Å². The molecule has 1 rings (SSSR count). The SMILES string of the molecule is CC(C)C(C)/N=c1/sccn1C. The molecule has 0 saturated carbocycles. The van der Waals surface area contributed by atoms with Gasteiger partial charge in [-0.3, -0.25) is 4.99 Å². The summed E-state index contributed by atoms with van der Waals surface area (Å²) in [7, 11) is 2.03. The molecule has 0 aromatic carbocycles. The minimum absolute atomic E-state index is 0.412. The maximum Gasteiger partial charge on any atom is 0.184 e. The Labute approximate surface area is 77.6 Å². The molecule has 0 bridgehead atoms. The van der Waals surface area contributed by atoms with E-state index in [0.717, 1.165) is 4.80 Å². The first-order valence-electron chi connectivity index (χ1n) is 4.25. The molecule has 1 unspecified atom stereocenters. The largest absolute Gasteiger partial charge is 0.327 e. The molecule has 3 heteroatoms. The van der Waals surface area contributed by atoms with Gasteiger partial charge in [0.05, 0.1) is 6.04 Å². The highest BCUT2D eigenvalue weighted by Gasteiger charge is 2.03. The number of rotatable bonds is 2. The number of aromatic nitrogens is 1. The van der Waals surface area contributed by atoms with Crippen LogP contribution in [0.2, 0.25) is 0 Å². The second-order valence-electron chi connectivity index (χ2n) is 3.41. The average molecular weight is 184 g/mol. The van der Waals surface area contributed by atoms with Gasteiger partial charge in [0.1, 0.15) is 0 Å². The number of nitrogens with zero attached hydrogens (tertiary/aromatic N) is 2. The molecule has 0 aliphatic rings. The van der Waals surface area contributed by atoms with Crippen molar-refractivity contribution in [1.82, 2.24) is 4.57 Å². The molecule has 0 radical (unpaired) electrons. The monoisotopic (exact) mass is 184 g/mol. The van der Waals surface area contributed by atoms with Crippen molar-refractivity contribution in [1.29, 1.82) is 0 Å². The van der Waals surface area contributed by atoms with Crippen LogP contribution in [0.3, 0.4) is 0 Å². The highest BCUT2D eigenvalue weighted by atomic mass is 32.1. The lowest BCUT2D eigenvalue weighted by atomic mass is 10.1. The van der Waals surface area contributed by atoms with Gasteiger partial charge in [0.25, 0.3) is 0 Å². The van der Waals surface area contributed by atoms with Gasteiger partial charge in [-0.2, -0.15) is 0 Å². The fourth-order valence-electron chi connectivity index (χ4n) is 0.774. The van der Waals surface area contributed by atoms with Gasteiger partial charge in [-0.15, -0.1) is 11.3 Å². The molecule has 12 heavy (non-hydrogen) atoms. The van der Waals surface area contributed by atoms with E-state index in [1.54, 1.807) is 11.3 Å². The quantitative estimate of drug-likeness (QED) is 0.669. The zero-order valence-electron chi connectivity index (χ0n) is 8.11. The van der Waals surface area contributed by atoms with Gasteiger partial charge in [0.2, 0.25) is 0 Å². The Morgan fingerprint density at radius 1 is 1.42 bits per heavy atom. The van der Waals surface area contributed by atoms with E-state index in [1.165, 1.54) is 0 Å². The Kier molecular flexibility index (Phi) is 3.09. The minimum Gasteiger partial charge on any atom is -0.327 e. The van der Waals surface area contributed by atoms with Crippen LogP contribution in [0.25, 0.3) is 0 Å². The van der Waals surface area contributed by atoms with Crippen LogP contribution < -0.4 is 4.80 Å². The van der Waals surface area contributed by atoms with E-state index in [2.05, 4.69) is 35.7 Å². The van der Waals surface area contributed by atoms with E-state index in [0.29, 0.717) is 12.0 Å². The molecule has 1 heterocycles. The summed E-state index contributed by atoms with van der Waals surface area (Å²) in [6, 6.07) is 0.412. The molecule has 2 nitrogen and oxygen atoms in total. The Bertz CT molecular complexity index is 295. The van der Waals surface area contributed by atoms with Crippen molar-refractivity contribution in [2.24, 2.45) is 18.0 Å². The van der Waals surface area contributed by atoms with E-state index < -0.39 is 0 Å². The molecule has 0 N–H and O–H groups in total. The molecule has 0 amide bonds. The molecule has 0 saturated heterocycles. The number of hydrogen-bond acceptors (Lipinski definition) is 2. The van der Waals surface area contributed by atoms with Gasteiger partial charge in [-0.05, 0) is 12.8 Å². The first-order chi connectivity index (χ1) is 5.61. The van der Waals surface area contributed by atoms with E-state index >= 15 is 0 Å². The predicted octanol–water partition coefficient (Wildman–Crippen LogP) is 2.03. The third-order valence-corrected chi connectivity index (χ3v) is 2.90. The molecule has 68 valence electrons. The summed E-state index contributed by atoms with van der Waals surface area (Å²) >= 11 is 1.69. The lowest BCUT2D eigenvalue weighted by Crippen LogP contribution is -2.17. The summed E-state index contributed by atoms with van der Waals surface area (Å²) in [5, 5.41) is 2.06. The lowest BCUT2D eigenvalue weighted by molar-refractivity contribution is 0.517. The van der Waals surface area contributed by atoms with Crippen LogP contribution in [0.1, 0.15) is 20.8 Å². The van der Waals surface area contributed by atoms with Crippen LogP contribution in [-0.4, -0.2) is 10.6 Å². The summed E-state index contributed by atoms with van der Waals surface area (Å²) in [4.78, 5) is 5.71. The number of thiazole rings is 1. The summed E-state index contributed by atoms with van der Waals surface area (Å²) < 4.78 is 2.06. The van der Waals surface area contributed by atoms with E-state index in [9.17, 15) is 0 Å². The summed E-state index contributed by atoms with van der Waals surface area (Å²) in [6.45, 7) is 6.55. The van der Waals surface area contributed by atoms with Crippen molar-refractivity contribution in [2.75, 3.05) is 0 Å². The predicted molar refractivity (Wildman–Crippen MR) is 53.2 cm³/mol. The normalized spacial score (nSPS) is 15.6. The van der Waals surface area contributed by atoms with Gasteiger partial charge >= 0.3 is 0 Å². The standard InChI is InChI=1S/C9H16N2S/c1-7(2)8(3)10-9-11(4)5-6-12-9/h5-8H,1-4H3/b10-9+. The first kappa shape index (κ1) is 9.52. The van der Waals surface area contributed by atoms with Crippen molar-refractivity contribution in [3.05, 3.63) is 16.4 Å². The molecule has 1 atom stereocenters. The van der Waals surface area contributed by atoms with Crippen LogP contribution in [0.15, 0.2) is 16.6 Å². The topological polar surface area (TPSA) is 17.3 Å². The number of hydrogen-bond donors (Lipinski definition) is 0. The molecule has 0 spiro atoms. The minimum atomic E-state index is 0.412. The van der Waals surface area contributed by atoms with Crippen molar-refractivity contribution in [3.8, 4) is 0 Å². The zero-order chi connectivity index (χ0) is 9.14. The van der Waals surface area contributed by atoms with Gasteiger partial charge in [-0.25, -0.2) is 0 Å². The smallest absolute Gasteiger partial charge is 0.184 e. The van der Waals surface area contributed by atoms with Crippen LogP contribution >= 0.6 is 11.3 Å². The Morgan fingerprint density at radius 3 is 2.50 bits per heavy atom. The lowest BCUT2D eigenvalue weighted by Gasteiger charge is -2.08. The highest BCUT2D eigenvalue weighted by molar-refractivity contribution is 7.07. The van der Waals surface area contributed by atoms with Crippen LogP contribution in [0.5, 0.6) is 0 Å². The molecular weight excluding hydrogens is 168 g/mol. The fourth-order valence-corrected chi connectivity index (χ4v) is 1.59. The Morgan fingerprint density at radius 2 is 2.08 bits per heavy atom. The number of aryl methyl sites for hydroxylation is 1. The summed E-state index contributed by atoms with van der Waals surface area (Å²) in [5.41, 5.74) is 0. The van der Waals surface area contributed by atoms with E-state index in [4.69, 9.17) is 0 Å². The van der Waals surface area contributed by atoms with Crippen molar-refractivity contribution in [3.63, 3.8) is 0 Å². The first-order valence-corrected chi connectivity index (χ1v) is 5.13. The van der Waals surface area contributed by atoms with E-state index in [1.807, 2.05) is 13.2 Å². The van der Waals surface area contributed by atoms with E-state index in [-0.39, 0.29) is 0 Å². The van der Waals surface area contributed by atoms with Gasteiger partial charge < -0.3 is 4.57 Å². The molecule has 0 aliphatic carbocycles. The van der Waals surface area contributed by atoms with Gasteiger partial charge in [-0.1, -0.05) is 13.8 Å². The second kappa shape index (κ2) is 3.90. The van der Waals surface area contributed by atoms with Crippen molar-refractivity contribution in [2.45, 2.75) is 26.8 Å².